The second kappa shape index (κ2) is 19.6. The van der Waals surface area contributed by atoms with Crippen molar-refractivity contribution in [1.29, 1.82) is 0 Å². The minimum atomic E-state index is -0.632. The van der Waals surface area contributed by atoms with Gasteiger partial charge in [0.15, 0.2) is 0 Å². The first kappa shape index (κ1) is 50.3. The molecule has 2 nitrogen and oxygen atoms in total. The molecule has 0 fully saturated rings. The van der Waals surface area contributed by atoms with Gasteiger partial charge < -0.3 is 9.80 Å². The summed E-state index contributed by atoms with van der Waals surface area (Å²) in [6.07, 6.45) is 0. The van der Waals surface area contributed by atoms with Crippen LogP contribution in [0.15, 0.2) is 315 Å². The fourth-order valence-electron chi connectivity index (χ4n) is 15.5. The van der Waals surface area contributed by atoms with Gasteiger partial charge in [0.2, 0.25) is 0 Å². The summed E-state index contributed by atoms with van der Waals surface area (Å²) in [5.41, 5.74) is 21.6. The molecule has 2 aliphatic rings. The number of anilines is 6. The Morgan fingerprint density at radius 3 is 1.22 bits per heavy atom. The molecule has 15 aromatic carbocycles. The first-order valence-electron chi connectivity index (χ1n) is 30.6. The van der Waals surface area contributed by atoms with E-state index in [-0.39, 0.29) is 0 Å². The van der Waals surface area contributed by atoms with Crippen LogP contribution in [-0.2, 0) is 5.41 Å². The zero-order valence-electron chi connectivity index (χ0n) is 48.2. The minimum absolute atomic E-state index is 0.632. The quantitative estimate of drug-likeness (QED) is 0.140. The summed E-state index contributed by atoms with van der Waals surface area (Å²) in [7, 11) is 0. The summed E-state index contributed by atoms with van der Waals surface area (Å²) in [5.74, 6) is 0. The second-order valence-electron chi connectivity index (χ2n) is 23.7. The Kier molecular flexibility index (Phi) is 11.1. The standard InChI is InChI=1S/C85H52N2S2/c1-3-21-56(22-4-1)86(76-37-19-33-69-64-29-13-17-39-78(64)88-83(69)76)58-46-41-53(42-47-58)55-45-50-68-72(51-55)61-26-8-10-32-67(61)81-80-66-31-9-7-25-60(66)71(52-75(80)85(82(68)81)73-35-15-11-27-62(73)63-28-12-16-36-74(63)85)54-43-48-59(49-44-54)87(57-23-5-2-6-24-57)77-38-20-34-70-65-30-14-18-40-79(65)89-84(70)77/h1-52H. The predicted molar refractivity (Wildman–Crippen MR) is 381 cm³/mol. The summed E-state index contributed by atoms with van der Waals surface area (Å²) >= 11 is 3.74. The van der Waals surface area contributed by atoms with Crippen molar-refractivity contribution in [1.82, 2.24) is 0 Å². The van der Waals surface area contributed by atoms with E-state index in [9.17, 15) is 0 Å². The molecule has 0 unspecified atom stereocenters. The maximum atomic E-state index is 2.59. The number of fused-ring (bicyclic) bond motifs is 23. The Morgan fingerprint density at radius 1 is 0.236 bits per heavy atom. The molecule has 17 aromatic rings. The van der Waals surface area contributed by atoms with E-state index < -0.39 is 5.41 Å². The molecule has 1 spiro atoms. The highest BCUT2D eigenvalue weighted by Gasteiger charge is 2.54. The lowest BCUT2D eigenvalue weighted by molar-refractivity contribution is 0.803. The van der Waals surface area contributed by atoms with Gasteiger partial charge in [0.25, 0.3) is 0 Å². The number of benzene rings is 15. The average molecular weight is 1170 g/mol. The fourth-order valence-corrected chi connectivity index (χ4v) is 18.0. The molecule has 2 heterocycles. The molecule has 0 atom stereocenters. The summed E-state index contributed by atoms with van der Waals surface area (Å²) < 4.78 is 5.16. The average Bonchev–Trinajstić information content (AvgIpc) is 1.49. The summed E-state index contributed by atoms with van der Waals surface area (Å²) in [6, 6.07) is 118. The van der Waals surface area contributed by atoms with Crippen LogP contribution < -0.4 is 9.80 Å². The fraction of sp³-hybridized carbons (Fsp3) is 0.0118. The number of hydrogen-bond acceptors (Lipinski definition) is 4. The van der Waals surface area contributed by atoms with Crippen LogP contribution in [0.3, 0.4) is 0 Å². The molecule has 0 bridgehead atoms. The van der Waals surface area contributed by atoms with Crippen LogP contribution in [0.2, 0.25) is 0 Å². The summed E-state index contributed by atoms with van der Waals surface area (Å²) in [5, 5.41) is 12.7. The molecule has 0 aliphatic heterocycles. The van der Waals surface area contributed by atoms with Crippen molar-refractivity contribution in [2.75, 3.05) is 9.80 Å². The highest BCUT2D eigenvalue weighted by atomic mass is 32.1. The maximum absolute atomic E-state index is 2.59. The second-order valence-corrected chi connectivity index (χ2v) is 25.8. The van der Waals surface area contributed by atoms with Crippen molar-refractivity contribution in [3.63, 3.8) is 0 Å². The van der Waals surface area contributed by atoms with Crippen LogP contribution in [0.4, 0.5) is 34.1 Å². The van der Waals surface area contributed by atoms with Crippen molar-refractivity contribution >= 4 is 129 Å². The number of para-hydroxylation sites is 2. The molecular weight excluding hydrogens is 1110 g/mol. The summed E-state index contributed by atoms with van der Waals surface area (Å²) in [6.45, 7) is 0. The van der Waals surface area contributed by atoms with E-state index in [1.807, 2.05) is 22.7 Å². The molecule has 0 amide bonds. The third-order valence-electron chi connectivity index (χ3n) is 19.2. The lowest BCUT2D eigenvalue weighted by Crippen LogP contribution is -2.26. The largest absolute Gasteiger partial charge is 0.309 e. The minimum Gasteiger partial charge on any atom is -0.309 e. The SMILES string of the molecule is c1ccc(N(c2ccc(-c3ccc4c5c(c6ccccc6c4c3)-c3c(cc(-c4ccc(N(c6ccccc6)c6cccc7c6sc6ccccc67)cc4)c4ccccc34)C53c4ccccc4-c4ccccc43)cc2)c2cccc3c2sc2ccccc23)cc1. The van der Waals surface area contributed by atoms with E-state index in [2.05, 4.69) is 325 Å². The van der Waals surface area contributed by atoms with Crippen molar-refractivity contribution < 1.29 is 0 Å². The Bertz CT molecular complexity index is 5700. The van der Waals surface area contributed by atoms with Crippen LogP contribution in [-0.4, -0.2) is 0 Å². The highest BCUT2D eigenvalue weighted by Crippen LogP contribution is 2.67. The summed E-state index contributed by atoms with van der Waals surface area (Å²) in [4.78, 5) is 4.86. The van der Waals surface area contributed by atoms with Gasteiger partial charge in [-0.2, -0.15) is 0 Å². The number of rotatable bonds is 8. The molecule has 0 saturated carbocycles. The van der Waals surface area contributed by atoms with Crippen molar-refractivity contribution in [3.8, 4) is 44.5 Å². The van der Waals surface area contributed by atoms with E-state index in [1.54, 1.807) is 0 Å². The number of hydrogen-bond donors (Lipinski definition) is 0. The van der Waals surface area contributed by atoms with Crippen LogP contribution in [0.1, 0.15) is 22.3 Å². The Labute approximate surface area is 523 Å². The molecule has 2 aromatic heterocycles. The Morgan fingerprint density at radius 2 is 0.663 bits per heavy atom. The zero-order valence-corrected chi connectivity index (χ0v) is 49.9. The smallest absolute Gasteiger partial charge is 0.0732 e. The molecule has 2 aliphatic carbocycles. The zero-order chi connectivity index (χ0) is 58.3. The Balaban J connectivity index is 0.798. The van der Waals surface area contributed by atoms with E-state index in [1.165, 1.54) is 151 Å². The molecule has 0 radical (unpaired) electrons. The van der Waals surface area contributed by atoms with Crippen LogP contribution in [0, 0.1) is 0 Å². The van der Waals surface area contributed by atoms with E-state index in [4.69, 9.17) is 0 Å². The molecule has 19 rings (SSSR count). The van der Waals surface area contributed by atoms with Gasteiger partial charge in [-0.25, -0.2) is 0 Å². The van der Waals surface area contributed by atoms with Crippen LogP contribution in [0.5, 0.6) is 0 Å². The third kappa shape index (κ3) is 7.30. The predicted octanol–water partition coefficient (Wildman–Crippen LogP) is 24.5. The van der Waals surface area contributed by atoms with Gasteiger partial charge in [-0.1, -0.05) is 231 Å². The maximum Gasteiger partial charge on any atom is 0.0732 e. The third-order valence-corrected chi connectivity index (χ3v) is 21.6. The number of nitrogens with zero attached hydrogens (tertiary/aromatic N) is 2. The van der Waals surface area contributed by atoms with Gasteiger partial charge in [0.1, 0.15) is 0 Å². The normalized spacial score (nSPS) is 12.8. The molecular formula is C85H52N2S2. The first-order chi connectivity index (χ1) is 44.2. The van der Waals surface area contributed by atoms with Crippen LogP contribution in [0.25, 0.3) is 117 Å². The van der Waals surface area contributed by atoms with Gasteiger partial charge >= 0.3 is 0 Å². The molecule has 0 saturated heterocycles. The monoisotopic (exact) mass is 1160 g/mol. The molecule has 4 heteroatoms. The van der Waals surface area contributed by atoms with Crippen molar-refractivity contribution in [2.45, 2.75) is 5.41 Å². The van der Waals surface area contributed by atoms with Gasteiger partial charge in [0, 0.05) is 53.7 Å². The highest BCUT2D eigenvalue weighted by molar-refractivity contribution is 7.26. The van der Waals surface area contributed by atoms with E-state index in [0.717, 1.165) is 22.7 Å². The first-order valence-corrected chi connectivity index (χ1v) is 32.3. The molecule has 0 N–H and O–H groups in total. The van der Waals surface area contributed by atoms with Gasteiger partial charge in [-0.05, 0) is 184 Å². The molecule has 89 heavy (non-hydrogen) atoms. The van der Waals surface area contributed by atoms with E-state index in [0.29, 0.717) is 0 Å². The van der Waals surface area contributed by atoms with Gasteiger partial charge in [-0.3, -0.25) is 0 Å². The number of thiophene rings is 2. The lowest BCUT2D eigenvalue weighted by atomic mass is 9.68. The van der Waals surface area contributed by atoms with Crippen LogP contribution >= 0.6 is 22.7 Å². The Hall–Kier alpha value is -10.9. The van der Waals surface area contributed by atoms with E-state index >= 15 is 0 Å². The van der Waals surface area contributed by atoms with Crippen molar-refractivity contribution in [2.24, 2.45) is 0 Å². The van der Waals surface area contributed by atoms with Gasteiger partial charge in [0.05, 0.1) is 26.2 Å². The topological polar surface area (TPSA) is 6.48 Å². The van der Waals surface area contributed by atoms with Crippen molar-refractivity contribution in [3.05, 3.63) is 338 Å². The molecule has 414 valence electrons. The van der Waals surface area contributed by atoms with Gasteiger partial charge in [-0.15, -0.1) is 22.7 Å². The lowest BCUT2D eigenvalue weighted by Gasteiger charge is -2.32.